The summed E-state index contributed by atoms with van der Waals surface area (Å²) in [5.74, 6) is 0.479. The van der Waals surface area contributed by atoms with Gasteiger partial charge in [0.15, 0.2) is 6.61 Å². The third-order valence-corrected chi connectivity index (χ3v) is 3.04. The molecule has 0 atom stereocenters. The lowest BCUT2D eigenvalue weighted by atomic mass is 9.90. The molecule has 0 bridgehead atoms. The number of rotatable bonds is 3. The van der Waals surface area contributed by atoms with Gasteiger partial charge in [-0.25, -0.2) is 0 Å². The normalized spacial score (nSPS) is 11.1. The Bertz CT molecular complexity index is 461. The molecule has 0 spiro atoms. The molecular weight excluding hydrogens is 276 g/mol. The van der Waals surface area contributed by atoms with E-state index in [0.29, 0.717) is 16.2 Å². The first kappa shape index (κ1) is 18.8. The molecule has 0 aliphatic rings. The van der Waals surface area contributed by atoms with Crippen molar-refractivity contribution in [2.75, 3.05) is 6.61 Å². The molecule has 2 N–H and O–H groups in total. The van der Waals surface area contributed by atoms with E-state index in [-0.39, 0.29) is 6.61 Å². The molecule has 0 saturated carbocycles. The summed E-state index contributed by atoms with van der Waals surface area (Å²) in [7, 11) is 5.45. The Balaban J connectivity index is 0.000000396. The van der Waals surface area contributed by atoms with Gasteiger partial charge in [-0.1, -0.05) is 23.1 Å². The van der Waals surface area contributed by atoms with Crippen LogP contribution in [0.5, 0.6) is 5.75 Å². The highest BCUT2D eigenvalue weighted by molar-refractivity contribution is 6.37. The molecule has 1 aromatic carbocycles. The van der Waals surface area contributed by atoms with E-state index in [0.717, 1.165) is 0 Å². The van der Waals surface area contributed by atoms with Crippen LogP contribution in [0.4, 0.5) is 0 Å². The molecule has 2 radical (unpaired) electrons. The van der Waals surface area contributed by atoms with Crippen molar-refractivity contribution in [1.82, 2.24) is 0 Å². The molecule has 20 heavy (non-hydrogen) atoms. The molecule has 1 rings (SSSR count). The maximum Gasteiger partial charge on any atom is 0.174 e. The van der Waals surface area contributed by atoms with E-state index in [1.54, 1.807) is 45.9 Å². The molecule has 0 heterocycles. The molecule has 0 aliphatic heterocycles. The average molecular weight is 296 g/mol. The molecule has 1 aromatic rings. The average Bonchev–Trinajstić information content (AvgIpc) is 2.26. The second-order valence-electron chi connectivity index (χ2n) is 5.25. The molecular formula is C14H19BClNO3. The fourth-order valence-electron chi connectivity index (χ4n) is 0.744. The fourth-order valence-corrected chi connectivity index (χ4v) is 0.988. The standard InChI is InChI=1S/C8H5BClNO.C6H14O2/c9-6-1-2-8(7(10)5-6)12-4-3-11;1-5(2,7)6(3,4)8/h1-2,5H,4H2;7-8H,1-4H3. The summed E-state index contributed by atoms with van der Waals surface area (Å²) >= 11 is 5.75. The van der Waals surface area contributed by atoms with Gasteiger partial charge in [-0.3, -0.25) is 0 Å². The van der Waals surface area contributed by atoms with Crippen molar-refractivity contribution in [3.8, 4) is 11.8 Å². The van der Waals surface area contributed by atoms with Crippen LogP contribution >= 0.6 is 11.6 Å². The van der Waals surface area contributed by atoms with Crippen molar-refractivity contribution in [2.24, 2.45) is 0 Å². The zero-order valence-corrected chi connectivity index (χ0v) is 12.9. The summed E-state index contributed by atoms with van der Waals surface area (Å²) in [5.41, 5.74) is -1.44. The van der Waals surface area contributed by atoms with Gasteiger partial charge in [-0.05, 0) is 39.8 Å². The summed E-state index contributed by atoms with van der Waals surface area (Å²) in [4.78, 5) is 0. The second kappa shape index (κ2) is 7.54. The van der Waals surface area contributed by atoms with Crippen LogP contribution in [0.2, 0.25) is 5.02 Å². The Kier molecular flexibility index (Phi) is 7.08. The van der Waals surface area contributed by atoms with Gasteiger partial charge in [-0.15, -0.1) is 0 Å². The fraction of sp³-hybridized carbons (Fsp3) is 0.500. The minimum absolute atomic E-state index is 0.0103. The molecule has 4 nitrogen and oxygen atoms in total. The Labute approximate surface area is 126 Å². The third kappa shape index (κ3) is 6.81. The maximum atomic E-state index is 9.10. The van der Waals surface area contributed by atoms with Gasteiger partial charge in [0.25, 0.3) is 0 Å². The summed E-state index contributed by atoms with van der Waals surface area (Å²) in [6.07, 6.45) is 0. The molecule has 0 amide bonds. The van der Waals surface area contributed by atoms with Crippen LogP contribution in [0.15, 0.2) is 18.2 Å². The first-order valence-electron chi connectivity index (χ1n) is 5.98. The molecule has 0 aliphatic carbocycles. The molecule has 0 unspecified atom stereocenters. The highest BCUT2D eigenvalue weighted by Gasteiger charge is 2.31. The predicted octanol–water partition coefficient (Wildman–Crippen LogP) is 1.56. The lowest BCUT2D eigenvalue weighted by Crippen LogP contribution is -2.44. The zero-order valence-electron chi connectivity index (χ0n) is 12.1. The summed E-state index contributed by atoms with van der Waals surface area (Å²) < 4.78 is 4.99. The quantitative estimate of drug-likeness (QED) is 0.830. The van der Waals surface area contributed by atoms with Crippen molar-refractivity contribution >= 4 is 24.9 Å². The van der Waals surface area contributed by atoms with E-state index in [1.807, 2.05) is 6.07 Å². The number of ether oxygens (including phenoxy) is 1. The Morgan fingerprint density at radius 3 is 2.10 bits per heavy atom. The van der Waals surface area contributed by atoms with Gasteiger partial charge in [0.2, 0.25) is 0 Å². The second-order valence-corrected chi connectivity index (χ2v) is 5.66. The monoisotopic (exact) mass is 295 g/mol. The summed E-state index contributed by atoms with van der Waals surface area (Å²) in [6.45, 7) is 6.30. The lowest BCUT2D eigenvalue weighted by molar-refractivity contribution is -0.107. The maximum absolute atomic E-state index is 9.10. The number of halogens is 1. The van der Waals surface area contributed by atoms with Gasteiger partial charge in [-0.2, -0.15) is 5.26 Å². The van der Waals surface area contributed by atoms with Gasteiger partial charge in [0.1, 0.15) is 19.7 Å². The number of hydrogen-bond donors (Lipinski definition) is 2. The van der Waals surface area contributed by atoms with Crippen LogP contribution in [0.1, 0.15) is 27.7 Å². The third-order valence-electron chi connectivity index (χ3n) is 2.75. The van der Waals surface area contributed by atoms with Crippen molar-refractivity contribution in [3.05, 3.63) is 23.2 Å². The number of hydrogen-bond acceptors (Lipinski definition) is 4. The van der Waals surface area contributed by atoms with E-state index < -0.39 is 11.2 Å². The Hall–Kier alpha value is -1.22. The van der Waals surface area contributed by atoms with Crippen molar-refractivity contribution < 1.29 is 14.9 Å². The number of nitriles is 1. The molecule has 108 valence electrons. The molecule has 0 aromatic heterocycles. The van der Waals surface area contributed by atoms with Crippen molar-refractivity contribution in [3.63, 3.8) is 0 Å². The minimum atomic E-state index is -1.01. The van der Waals surface area contributed by atoms with Crippen molar-refractivity contribution in [2.45, 2.75) is 38.9 Å². The number of aliphatic hydroxyl groups is 2. The molecule has 6 heteroatoms. The first-order valence-corrected chi connectivity index (χ1v) is 6.36. The first-order chi connectivity index (χ1) is 8.99. The van der Waals surface area contributed by atoms with E-state index in [2.05, 4.69) is 0 Å². The van der Waals surface area contributed by atoms with Crippen LogP contribution in [0.3, 0.4) is 0 Å². The van der Waals surface area contributed by atoms with Gasteiger partial charge in [0.05, 0.1) is 16.2 Å². The summed E-state index contributed by atoms with van der Waals surface area (Å²) in [5, 5.41) is 26.9. The molecule has 0 saturated heterocycles. The van der Waals surface area contributed by atoms with Crippen LogP contribution in [-0.4, -0.2) is 35.9 Å². The van der Waals surface area contributed by atoms with E-state index in [9.17, 15) is 0 Å². The Morgan fingerprint density at radius 2 is 1.75 bits per heavy atom. The van der Waals surface area contributed by atoms with Crippen LogP contribution < -0.4 is 10.2 Å². The van der Waals surface area contributed by atoms with Gasteiger partial charge >= 0.3 is 0 Å². The summed E-state index contributed by atoms with van der Waals surface area (Å²) in [6, 6.07) is 6.72. The van der Waals surface area contributed by atoms with E-state index in [1.165, 1.54) is 0 Å². The molecule has 0 fully saturated rings. The SMILES string of the molecule is CC(C)(O)C(C)(C)O.[B]c1ccc(OCC#N)c(Cl)c1. The largest absolute Gasteiger partial charge is 0.477 e. The smallest absolute Gasteiger partial charge is 0.174 e. The van der Waals surface area contributed by atoms with Crippen LogP contribution in [-0.2, 0) is 0 Å². The van der Waals surface area contributed by atoms with E-state index in [4.69, 9.17) is 39.7 Å². The van der Waals surface area contributed by atoms with Crippen LogP contribution in [0, 0.1) is 11.3 Å². The highest BCUT2D eigenvalue weighted by atomic mass is 35.5. The lowest BCUT2D eigenvalue weighted by Gasteiger charge is -2.31. The zero-order chi connectivity index (χ0) is 16.0. The predicted molar refractivity (Wildman–Crippen MR) is 80.5 cm³/mol. The van der Waals surface area contributed by atoms with Gasteiger partial charge in [0, 0.05) is 0 Å². The number of nitrogens with zero attached hydrogens (tertiary/aromatic N) is 1. The number of benzene rings is 1. The highest BCUT2D eigenvalue weighted by Crippen LogP contribution is 2.21. The topological polar surface area (TPSA) is 73.5 Å². The van der Waals surface area contributed by atoms with Gasteiger partial charge < -0.3 is 14.9 Å². The van der Waals surface area contributed by atoms with Crippen LogP contribution in [0.25, 0.3) is 0 Å². The van der Waals surface area contributed by atoms with E-state index >= 15 is 0 Å². The Morgan fingerprint density at radius 1 is 1.25 bits per heavy atom. The van der Waals surface area contributed by atoms with Crippen molar-refractivity contribution in [1.29, 1.82) is 5.26 Å². The minimum Gasteiger partial charge on any atom is -0.477 e.